The highest BCUT2D eigenvalue weighted by atomic mass is 16.7. The summed E-state index contributed by atoms with van der Waals surface area (Å²) in [6.07, 6.45) is 0.581. The molecule has 0 radical (unpaired) electrons. The van der Waals surface area contributed by atoms with Gasteiger partial charge in [0, 0.05) is 24.0 Å². The van der Waals surface area contributed by atoms with E-state index >= 15 is 0 Å². The van der Waals surface area contributed by atoms with Crippen LogP contribution in [-0.2, 0) is 9.59 Å². The molecule has 1 aliphatic carbocycles. The summed E-state index contributed by atoms with van der Waals surface area (Å²) in [6, 6.07) is 13.1. The van der Waals surface area contributed by atoms with Crippen LogP contribution in [0.1, 0.15) is 18.9 Å². The van der Waals surface area contributed by atoms with Gasteiger partial charge in [-0.05, 0) is 50.1 Å². The SMILES string of the molecule is CCN(C(=O)C1CC1C(=O)Nc1ccc2c(c1)OCO2)c1cccc(C)c1. The van der Waals surface area contributed by atoms with Crippen LogP contribution in [0.3, 0.4) is 0 Å². The summed E-state index contributed by atoms with van der Waals surface area (Å²) in [5.41, 5.74) is 2.63. The van der Waals surface area contributed by atoms with Crippen molar-refractivity contribution >= 4 is 23.2 Å². The van der Waals surface area contributed by atoms with Gasteiger partial charge < -0.3 is 19.7 Å². The second-order valence-electron chi connectivity index (χ2n) is 6.93. The number of nitrogens with zero attached hydrogens (tertiary/aromatic N) is 1. The molecule has 6 nitrogen and oxygen atoms in total. The Balaban J connectivity index is 1.40. The van der Waals surface area contributed by atoms with E-state index in [9.17, 15) is 9.59 Å². The molecule has 0 bridgehead atoms. The van der Waals surface area contributed by atoms with Crippen LogP contribution >= 0.6 is 0 Å². The number of anilines is 2. The van der Waals surface area contributed by atoms with Gasteiger partial charge in [-0.2, -0.15) is 0 Å². The molecule has 1 fully saturated rings. The van der Waals surface area contributed by atoms with Crippen LogP contribution in [-0.4, -0.2) is 25.2 Å². The van der Waals surface area contributed by atoms with Crippen LogP contribution in [0, 0.1) is 18.8 Å². The molecule has 2 aliphatic rings. The Bertz CT molecular complexity index is 896. The minimum absolute atomic E-state index is 0.00827. The normalized spacial score (nSPS) is 19.5. The number of nitrogens with one attached hydrogen (secondary N) is 1. The molecular weight excluding hydrogens is 344 g/mol. The van der Waals surface area contributed by atoms with Gasteiger partial charge in [-0.15, -0.1) is 0 Å². The maximum Gasteiger partial charge on any atom is 0.231 e. The number of hydrogen-bond acceptors (Lipinski definition) is 4. The van der Waals surface area contributed by atoms with E-state index in [1.54, 1.807) is 23.1 Å². The zero-order valence-electron chi connectivity index (χ0n) is 15.4. The van der Waals surface area contributed by atoms with Crippen molar-refractivity contribution in [3.05, 3.63) is 48.0 Å². The smallest absolute Gasteiger partial charge is 0.231 e. The molecule has 2 aromatic rings. The first-order valence-electron chi connectivity index (χ1n) is 9.15. The number of ether oxygens (including phenoxy) is 2. The van der Waals surface area contributed by atoms with Crippen LogP contribution in [0.5, 0.6) is 11.5 Å². The topological polar surface area (TPSA) is 67.9 Å². The van der Waals surface area contributed by atoms with Crippen LogP contribution in [0.4, 0.5) is 11.4 Å². The van der Waals surface area contributed by atoms with E-state index in [0.29, 0.717) is 30.2 Å². The molecule has 4 rings (SSSR count). The van der Waals surface area contributed by atoms with Crippen LogP contribution in [0.2, 0.25) is 0 Å². The third kappa shape index (κ3) is 3.47. The molecule has 1 N–H and O–H groups in total. The van der Waals surface area contributed by atoms with Gasteiger partial charge in [0.05, 0.1) is 11.8 Å². The number of carbonyl (C=O) groups is 2. The van der Waals surface area contributed by atoms with E-state index in [-0.39, 0.29) is 30.4 Å². The summed E-state index contributed by atoms with van der Waals surface area (Å²) in [5.74, 6) is 0.611. The van der Waals surface area contributed by atoms with Gasteiger partial charge in [0.1, 0.15) is 0 Å². The molecule has 2 unspecified atom stereocenters. The van der Waals surface area contributed by atoms with Gasteiger partial charge in [0.25, 0.3) is 0 Å². The Morgan fingerprint density at radius 1 is 1.11 bits per heavy atom. The van der Waals surface area contributed by atoms with Crippen molar-refractivity contribution in [3.8, 4) is 11.5 Å². The van der Waals surface area contributed by atoms with Gasteiger partial charge in [0.15, 0.2) is 11.5 Å². The van der Waals surface area contributed by atoms with Crippen molar-refractivity contribution in [2.45, 2.75) is 20.3 Å². The Labute approximate surface area is 158 Å². The quantitative estimate of drug-likeness (QED) is 0.881. The van der Waals surface area contributed by atoms with E-state index in [0.717, 1.165) is 11.3 Å². The van der Waals surface area contributed by atoms with Gasteiger partial charge in [-0.25, -0.2) is 0 Å². The molecule has 1 saturated carbocycles. The predicted octanol–water partition coefficient (Wildman–Crippen LogP) is 3.35. The molecule has 0 aromatic heterocycles. The standard InChI is InChI=1S/C21H22N2O4/c1-3-23(15-6-4-5-13(2)9-15)21(25)17-11-16(17)20(24)22-14-7-8-18-19(10-14)27-12-26-18/h4-10,16-17H,3,11-12H2,1-2H3,(H,22,24). The number of fused-ring (bicyclic) bond motifs is 1. The van der Waals surface area contributed by atoms with E-state index in [2.05, 4.69) is 5.32 Å². The van der Waals surface area contributed by atoms with Crippen molar-refractivity contribution < 1.29 is 19.1 Å². The van der Waals surface area contributed by atoms with Gasteiger partial charge >= 0.3 is 0 Å². The Morgan fingerprint density at radius 3 is 2.70 bits per heavy atom. The molecule has 2 amide bonds. The molecule has 2 aromatic carbocycles. The second-order valence-corrected chi connectivity index (χ2v) is 6.93. The lowest BCUT2D eigenvalue weighted by molar-refractivity contribution is -0.123. The lowest BCUT2D eigenvalue weighted by Gasteiger charge is -2.21. The monoisotopic (exact) mass is 366 g/mol. The summed E-state index contributed by atoms with van der Waals surface area (Å²) in [5, 5.41) is 2.88. The maximum atomic E-state index is 12.9. The first-order chi connectivity index (χ1) is 13.1. The average molecular weight is 366 g/mol. The number of benzene rings is 2. The number of aryl methyl sites for hydroxylation is 1. The highest BCUT2D eigenvalue weighted by molar-refractivity contribution is 6.04. The van der Waals surface area contributed by atoms with Crippen molar-refractivity contribution in [2.75, 3.05) is 23.6 Å². The summed E-state index contributed by atoms with van der Waals surface area (Å²) in [4.78, 5) is 27.2. The van der Waals surface area contributed by atoms with E-state index in [1.807, 2.05) is 38.1 Å². The fraction of sp³-hybridized carbons (Fsp3) is 0.333. The Kier molecular flexibility index (Phi) is 4.48. The maximum absolute atomic E-state index is 12.9. The van der Waals surface area contributed by atoms with Crippen LogP contribution in [0.15, 0.2) is 42.5 Å². The molecular formula is C21H22N2O4. The van der Waals surface area contributed by atoms with Gasteiger partial charge in [-0.1, -0.05) is 12.1 Å². The molecule has 0 saturated heterocycles. The van der Waals surface area contributed by atoms with Crippen LogP contribution < -0.4 is 19.7 Å². The molecule has 2 atom stereocenters. The molecule has 1 aliphatic heterocycles. The van der Waals surface area contributed by atoms with Crippen LogP contribution in [0.25, 0.3) is 0 Å². The average Bonchev–Trinajstić information content (AvgIpc) is 3.33. The fourth-order valence-electron chi connectivity index (χ4n) is 3.43. The summed E-state index contributed by atoms with van der Waals surface area (Å²) in [6.45, 7) is 4.72. The van der Waals surface area contributed by atoms with Crippen molar-refractivity contribution in [1.82, 2.24) is 0 Å². The zero-order chi connectivity index (χ0) is 19.0. The zero-order valence-corrected chi connectivity index (χ0v) is 15.4. The minimum Gasteiger partial charge on any atom is -0.454 e. The third-order valence-corrected chi connectivity index (χ3v) is 4.98. The lowest BCUT2D eigenvalue weighted by Crippen LogP contribution is -2.33. The molecule has 6 heteroatoms. The van der Waals surface area contributed by atoms with E-state index in [4.69, 9.17) is 9.47 Å². The predicted molar refractivity (Wildman–Crippen MR) is 102 cm³/mol. The highest BCUT2D eigenvalue weighted by Gasteiger charge is 2.49. The number of amides is 2. The summed E-state index contributed by atoms with van der Waals surface area (Å²) >= 11 is 0. The van der Waals surface area contributed by atoms with E-state index < -0.39 is 0 Å². The van der Waals surface area contributed by atoms with Crippen molar-refractivity contribution in [1.29, 1.82) is 0 Å². The summed E-state index contributed by atoms with van der Waals surface area (Å²) in [7, 11) is 0. The van der Waals surface area contributed by atoms with E-state index in [1.165, 1.54) is 0 Å². The van der Waals surface area contributed by atoms with Gasteiger partial charge in [-0.3, -0.25) is 9.59 Å². The number of hydrogen-bond donors (Lipinski definition) is 1. The first kappa shape index (κ1) is 17.4. The first-order valence-corrected chi connectivity index (χ1v) is 9.15. The fourth-order valence-corrected chi connectivity index (χ4v) is 3.43. The van der Waals surface area contributed by atoms with Crippen molar-refractivity contribution in [2.24, 2.45) is 11.8 Å². The lowest BCUT2D eigenvalue weighted by atomic mass is 10.2. The Hall–Kier alpha value is -3.02. The summed E-state index contributed by atoms with van der Waals surface area (Å²) < 4.78 is 10.6. The second kappa shape index (κ2) is 6.95. The molecule has 1 heterocycles. The number of carbonyl (C=O) groups excluding carboxylic acids is 2. The third-order valence-electron chi connectivity index (χ3n) is 4.98. The Morgan fingerprint density at radius 2 is 1.93 bits per heavy atom. The largest absolute Gasteiger partial charge is 0.454 e. The number of rotatable bonds is 5. The molecule has 140 valence electrons. The molecule has 0 spiro atoms. The van der Waals surface area contributed by atoms with Gasteiger partial charge in [0.2, 0.25) is 18.6 Å². The highest BCUT2D eigenvalue weighted by Crippen LogP contribution is 2.42. The molecule has 27 heavy (non-hydrogen) atoms. The minimum atomic E-state index is -0.290. The van der Waals surface area contributed by atoms with Crippen molar-refractivity contribution in [3.63, 3.8) is 0 Å².